The Balaban J connectivity index is 2.04. The number of fused-ring (bicyclic) bond motifs is 3. The summed E-state index contributed by atoms with van der Waals surface area (Å²) in [5, 5.41) is 12.0. The van der Waals surface area contributed by atoms with Gasteiger partial charge >= 0.3 is 0 Å². The van der Waals surface area contributed by atoms with Crippen molar-refractivity contribution in [1.82, 2.24) is 0 Å². The lowest BCUT2D eigenvalue weighted by molar-refractivity contribution is -0.309. The molecule has 0 heterocycles. The summed E-state index contributed by atoms with van der Waals surface area (Å²) < 4.78 is 0. The molecule has 0 spiro atoms. The van der Waals surface area contributed by atoms with E-state index in [9.17, 15) is 5.11 Å². The lowest BCUT2D eigenvalue weighted by Gasteiger charge is -2.26. The van der Waals surface area contributed by atoms with Gasteiger partial charge in [0, 0.05) is 0 Å². The van der Waals surface area contributed by atoms with Gasteiger partial charge in [0.25, 0.3) is 0 Å². The molecule has 2 aromatic carbocycles. The molecule has 1 atom stereocenters. The largest absolute Gasteiger partial charge is 0.875 e. The highest BCUT2D eigenvalue weighted by Gasteiger charge is 2.23. The second kappa shape index (κ2) is 5.77. The molecule has 1 nitrogen and oxygen atoms in total. The predicted octanol–water partition coefficient (Wildman–Crippen LogP) is 4.41. The van der Waals surface area contributed by atoms with E-state index in [0.717, 1.165) is 25.7 Å². The number of rotatable bonds is 5. The minimum absolute atomic E-state index is 0.0470. The highest BCUT2D eigenvalue weighted by Crippen LogP contribution is 2.41. The van der Waals surface area contributed by atoms with Gasteiger partial charge in [0.1, 0.15) is 0 Å². The Hall–Kier alpha value is -2.02. The molecule has 0 bridgehead atoms. The molecule has 0 saturated heterocycles. The lowest BCUT2D eigenvalue weighted by Crippen LogP contribution is -2.14. The minimum Gasteiger partial charge on any atom is -0.875 e. The van der Waals surface area contributed by atoms with E-state index in [1.165, 1.54) is 27.8 Å². The molecule has 0 aliphatic heterocycles. The van der Waals surface area contributed by atoms with Crippen LogP contribution in [0.1, 0.15) is 48.8 Å². The first-order valence-corrected chi connectivity index (χ1v) is 7.78. The molecule has 1 aliphatic rings. The SMILES string of the molecule is C=C([O-])C(CCCC)c1cccc2c1Cc1ccccc1-2. The molecule has 0 saturated carbocycles. The third kappa shape index (κ3) is 2.49. The standard InChI is InChI=1S/C20H22O/c1-3-4-9-16(14(2)21)18-11-7-12-19-17-10-6-5-8-15(17)13-20(18)19/h5-8,10-12,16,21H,2-4,9,13H2,1H3/p-1. The molecular formula is C20H21O-. The van der Waals surface area contributed by atoms with Gasteiger partial charge in [-0.2, -0.15) is 0 Å². The molecule has 3 rings (SSSR count). The molecule has 1 unspecified atom stereocenters. The van der Waals surface area contributed by atoms with Crippen LogP contribution in [0.25, 0.3) is 11.1 Å². The van der Waals surface area contributed by atoms with Gasteiger partial charge in [-0.25, -0.2) is 0 Å². The van der Waals surface area contributed by atoms with Crippen molar-refractivity contribution in [2.75, 3.05) is 0 Å². The Labute approximate surface area is 127 Å². The Kier molecular flexibility index (Phi) is 3.83. The summed E-state index contributed by atoms with van der Waals surface area (Å²) >= 11 is 0. The summed E-state index contributed by atoms with van der Waals surface area (Å²) in [5.74, 6) is 0.00187. The molecule has 0 radical (unpaired) electrons. The molecule has 0 N–H and O–H groups in total. The zero-order chi connectivity index (χ0) is 14.8. The normalized spacial score (nSPS) is 13.6. The van der Waals surface area contributed by atoms with Crippen LogP contribution in [0.4, 0.5) is 0 Å². The van der Waals surface area contributed by atoms with Crippen LogP contribution < -0.4 is 5.11 Å². The van der Waals surface area contributed by atoms with Crippen LogP contribution >= 0.6 is 0 Å². The van der Waals surface area contributed by atoms with Crippen molar-refractivity contribution >= 4 is 0 Å². The maximum absolute atomic E-state index is 12.0. The number of benzene rings is 2. The van der Waals surface area contributed by atoms with E-state index in [4.69, 9.17) is 0 Å². The van der Waals surface area contributed by atoms with Gasteiger partial charge < -0.3 is 5.11 Å². The average Bonchev–Trinajstić information content (AvgIpc) is 2.87. The zero-order valence-corrected chi connectivity index (χ0v) is 12.6. The molecule has 0 fully saturated rings. The van der Waals surface area contributed by atoms with E-state index in [1.54, 1.807) is 0 Å². The lowest BCUT2D eigenvalue weighted by atomic mass is 9.87. The quantitative estimate of drug-likeness (QED) is 0.634. The van der Waals surface area contributed by atoms with Gasteiger partial charge in [0.2, 0.25) is 0 Å². The number of unbranched alkanes of at least 4 members (excludes halogenated alkanes) is 1. The van der Waals surface area contributed by atoms with Crippen LogP contribution in [0, 0.1) is 0 Å². The number of allylic oxidation sites excluding steroid dienone is 1. The first-order valence-electron chi connectivity index (χ1n) is 7.78. The second-order valence-corrected chi connectivity index (χ2v) is 5.87. The minimum atomic E-state index is -0.0470. The molecule has 2 aromatic rings. The van der Waals surface area contributed by atoms with Gasteiger partial charge in [-0.05, 0) is 46.6 Å². The molecule has 21 heavy (non-hydrogen) atoms. The summed E-state index contributed by atoms with van der Waals surface area (Å²) in [6.45, 7) is 5.87. The van der Waals surface area contributed by atoms with Gasteiger partial charge in [-0.3, -0.25) is 0 Å². The van der Waals surface area contributed by atoms with E-state index in [2.05, 4.69) is 56.0 Å². The van der Waals surface area contributed by atoms with Crippen LogP contribution in [0.15, 0.2) is 54.8 Å². The third-order valence-electron chi connectivity index (χ3n) is 4.50. The van der Waals surface area contributed by atoms with Crippen LogP contribution in [-0.2, 0) is 6.42 Å². The maximum Gasteiger partial charge on any atom is -0.00105 e. The third-order valence-corrected chi connectivity index (χ3v) is 4.50. The van der Waals surface area contributed by atoms with Crippen molar-refractivity contribution in [2.45, 2.75) is 38.5 Å². The van der Waals surface area contributed by atoms with Gasteiger partial charge in [0.15, 0.2) is 0 Å². The number of hydrogen-bond acceptors (Lipinski definition) is 1. The van der Waals surface area contributed by atoms with Gasteiger partial charge in [-0.15, -0.1) is 12.3 Å². The van der Waals surface area contributed by atoms with Crippen molar-refractivity contribution in [3.63, 3.8) is 0 Å². The van der Waals surface area contributed by atoms with Crippen molar-refractivity contribution < 1.29 is 5.11 Å². The Morgan fingerprint density at radius 1 is 1.14 bits per heavy atom. The van der Waals surface area contributed by atoms with E-state index in [0.29, 0.717) is 0 Å². The van der Waals surface area contributed by atoms with E-state index < -0.39 is 0 Å². The molecule has 1 aliphatic carbocycles. The molecule has 1 heteroatoms. The van der Waals surface area contributed by atoms with Crippen molar-refractivity contribution in [3.05, 3.63) is 71.5 Å². The smallest absolute Gasteiger partial charge is 0.00105 e. The van der Waals surface area contributed by atoms with Gasteiger partial charge in [-0.1, -0.05) is 62.2 Å². The Bertz CT molecular complexity index is 669. The molecule has 0 aromatic heterocycles. The second-order valence-electron chi connectivity index (χ2n) is 5.87. The topological polar surface area (TPSA) is 23.1 Å². The fraction of sp³-hybridized carbons (Fsp3) is 0.300. The molecule has 108 valence electrons. The Morgan fingerprint density at radius 2 is 1.90 bits per heavy atom. The van der Waals surface area contributed by atoms with E-state index in [1.807, 2.05) is 0 Å². The first kappa shape index (κ1) is 13.9. The monoisotopic (exact) mass is 277 g/mol. The fourth-order valence-electron chi connectivity index (χ4n) is 3.41. The predicted molar refractivity (Wildman–Crippen MR) is 86.1 cm³/mol. The maximum atomic E-state index is 12.0. The molecular weight excluding hydrogens is 256 g/mol. The Morgan fingerprint density at radius 3 is 2.67 bits per heavy atom. The van der Waals surface area contributed by atoms with Crippen molar-refractivity contribution in [3.8, 4) is 11.1 Å². The van der Waals surface area contributed by atoms with Crippen LogP contribution in [0.3, 0.4) is 0 Å². The van der Waals surface area contributed by atoms with Crippen LogP contribution in [0.2, 0.25) is 0 Å². The summed E-state index contributed by atoms with van der Waals surface area (Å²) in [7, 11) is 0. The van der Waals surface area contributed by atoms with Crippen LogP contribution in [0.5, 0.6) is 0 Å². The highest BCUT2D eigenvalue weighted by atomic mass is 16.3. The summed E-state index contributed by atoms with van der Waals surface area (Å²) in [4.78, 5) is 0. The van der Waals surface area contributed by atoms with E-state index >= 15 is 0 Å². The molecule has 0 amide bonds. The summed E-state index contributed by atoms with van der Waals surface area (Å²) in [6.07, 6.45) is 4.03. The van der Waals surface area contributed by atoms with Crippen LogP contribution in [-0.4, -0.2) is 0 Å². The van der Waals surface area contributed by atoms with E-state index in [-0.39, 0.29) is 11.7 Å². The average molecular weight is 277 g/mol. The highest BCUT2D eigenvalue weighted by molar-refractivity contribution is 5.78. The van der Waals surface area contributed by atoms with Gasteiger partial charge in [0.05, 0.1) is 0 Å². The first-order chi connectivity index (χ1) is 10.2. The van der Waals surface area contributed by atoms with Crippen molar-refractivity contribution in [2.24, 2.45) is 0 Å². The van der Waals surface area contributed by atoms with Crippen molar-refractivity contribution in [1.29, 1.82) is 0 Å². The summed E-state index contributed by atoms with van der Waals surface area (Å²) in [6, 6.07) is 14.9. The zero-order valence-electron chi connectivity index (χ0n) is 12.6. The number of hydrogen-bond donors (Lipinski definition) is 0. The fourth-order valence-corrected chi connectivity index (χ4v) is 3.41. The summed E-state index contributed by atoms with van der Waals surface area (Å²) in [5.41, 5.74) is 6.51.